The molecule has 122 valence electrons. The van der Waals surface area contributed by atoms with Gasteiger partial charge in [-0.1, -0.05) is 28.1 Å². The molecule has 0 bridgehead atoms. The van der Waals surface area contributed by atoms with Crippen LogP contribution >= 0.6 is 15.9 Å². The van der Waals surface area contributed by atoms with Gasteiger partial charge in [-0.2, -0.15) is 5.10 Å². The van der Waals surface area contributed by atoms with Crippen LogP contribution < -0.4 is 9.47 Å². The van der Waals surface area contributed by atoms with E-state index in [4.69, 9.17) is 9.47 Å². The number of nitrogens with zero attached hydrogens (tertiary/aromatic N) is 4. The number of aromatic nitrogens is 3. The Hall–Kier alpha value is -2.67. The van der Waals surface area contributed by atoms with Gasteiger partial charge in [0.1, 0.15) is 37.4 Å². The Morgan fingerprint density at radius 2 is 1.67 bits per heavy atom. The molecule has 0 amide bonds. The van der Waals surface area contributed by atoms with Crippen molar-refractivity contribution in [3.8, 4) is 11.5 Å². The zero-order valence-corrected chi connectivity index (χ0v) is 14.3. The van der Waals surface area contributed by atoms with Crippen LogP contribution in [0.25, 0.3) is 0 Å². The smallest absolute Gasteiger partial charge is 0.141 e. The second kappa shape index (κ2) is 8.26. The number of hydrogen-bond acceptors (Lipinski definition) is 5. The Kier molecular flexibility index (Phi) is 5.57. The molecule has 0 atom stereocenters. The van der Waals surface area contributed by atoms with Crippen LogP contribution in [0.1, 0.15) is 5.56 Å². The zero-order chi connectivity index (χ0) is 16.6. The van der Waals surface area contributed by atoms with E-state index in [-0.39, 0.29) is 0 Å². The normalized spacial score (nSPS) is 10.9. The Bertz CT molecular complexity index is 789. The molecule has 0 N–H and O–H groups in total. The first kappa shape index (κ1) is 16.2. The molecule has 3 rings (SSSR count). The van der Waals surface area contributed by atoms with Crippen molar-refractivity contribution >= 4 is 22.1 Å². The standard InChI is InChI=1S/C17H15BrN4O2/c18-15-4-6-16(7-5-15)23-8-9-24-17-3-1-2-14(10-17)11-21-22-12-19-20-13-22/h1-7,10-13H,8-9H2/b21-11-. The SMILES string of the molecule is Brc1ccc(OCCOc2cccc(/C=N\n3cnnc3)c2)cc1. The third kappa shape index (κ3) is 4.92. The van der Waals surface area contributed by atoms with Crippen molar-refractivity contribution in [3.05, 3.63) is 71.2 Å². The summed E-state index contributed by atoms with van der Waals surface area (Å²) in [5, 5.41) is 11.6. The minimum atomic E-state index is 0.460. The largest absolute Gasteiger partial charge is 0.490 e. The molecule has 0 saturated heterocycles. The maximum absolute atomic E-state index is 5.70. The molecule has 0 aliphatic heterocycles. The third-order valence-electron chi connectivity index (χ3n) is 3.04. The zero-order valence-electron chi connectivity index (χ0n) is 12.7. The maximum atomic E-state index is 5.70. The molecular formula is C17H15BrN4O2. The summed E-state index contributed by atoms with van der Waals surface area (Å²) in [7, 11) is 0. The number of halogens is 1. The fraction of sp³-hybridized carbons (Fsp3) is 0.118. The summed E-state index contributed by atoms with van der Waals surface area (Å²) in [6, 6.07) is 15.4. The predicted octanol–water partition coefficient (Wildman–Crippen LogP) is 3.38. The van der Waals surface area contributed by atoms with Gasteiger partial charge in [-0.25, -0.2) is 4.68 Å². The molecule has 7 heteroatoms. The van der Waals surface area contributed by atoms with Crippen LogP contribution in [0.2, 0.25) is 0 Å². The van der Waals surface area contributed by atoms with Gasteiger partial charge in [-0.3, -0.25) is 0 Å². The molecule has 1 heterocycles. The van der Waals surface area contributed by atoms with Gasteiger partial charge < -0.3 is 9.47 Å². The van der Waals surface area contributed by atoms with E-state index in [0.29, 0.717) is 13.2 Å². The van der Waals surface area contributed by atoms with Crippen molar-refractivity contribution < 1.29 is 9.47 Å². The molecule has 0 spiro atoms. The highest BCUT2D eigenvalue weighted by atomic mass is 79.9. The predicted molar refractivity (Wildman–Crippen MR) is 94.6 cm³/mol. The minimum absolute atomic E-state index is 0.460. The van der Waals surface area contributed by atoms with Crippen LogP contribution in [-0.2, 0) is 0 Å². The lowest BCUT2D eigenvalue weighted by Gasteiger charge is -2.08. The molecule has 6 nitrogen and oxygen atoms in total. The molecule has 2 aromatic carbocycles. The van der Waals surface area contributed by atoms with Gasteiger partial charge in [0.15, 0.2) is 0 Å². The second-order valence-electron chi connectivity index (χ2n) is 4.81. The molecule has 3 aromatic rings. The fourth-order valence-corrected chi connectivity index (χ4v) is 2.19. The fourth-order valence-electron chi connectivity index (χ4n) is 1.92. The van der Waals surface area contributed by atoms with Gasteiger partial charge in [0.25, 0.3) is 0 Å². The summed E-state index contributed by atoms with van der Waals surface area (Å²) in [5.74, 6) is 1.58. The maximum Gasteiger partial charge on any atom is 0.141 e. The highest BCUT2D eigenvalue weighted by Crippen LogP contribution is 2.16. The van der Waals surface area contributed by atoms with E-state index in [0.717, 1.165) is 21.5 Å². The summed E-state index contributed by atoms with van der Waals surface area (Å²) in [6.45, 7) is 0.933. The summed E-state index contributed by atoms with van der Waals surface area (Å²) < 4.78 is 13.9. The average molecular weight is 387 g/mol. The Labute approximate surface area is 147 Å². The monoisotopic (exact) mass is 386 g/mol. The average Bonchev–Trinajstić information content (AvgIpc) is 3.12. The molecule has 0 aliphatic rings. The van der Waals surface area contributed by atoms with Crippen LogP contribution in [0.4, 0.5) is 0 Å². The van der Waals surface area contributed by atoms with Crippen LogP contribution in [0.3, 0.4) is 0 Å². The summed E-state index contributed by atoms with van der Waals surface area (Å²) in [5.41, 5.74) is 0.926. The lowest BCUT2D eigenvalue weighted by molar-refractivity contribution is 0.217. The minimum Gasteiger partial charge on any atom is -0.490 e. The van der Waals surface area contributed by atoms with Gasteiger partial charge >= 0.3 is 0 Å². The van der Waals surface area contributed by atoms with E-state index in [2.05, 4.69) is 31.2 Å². The number of hydrogen-bond donors (Lipinski definition) is 0. The first-order valence-electron chi connectivity index (χ1n) is 7.30. The Balaban J connectivity index is 1.48. The Morgan fingerprint density at radius 1 is 0.958 bits per heavy atom. The van der Waals surface area contributed by atoms with Crippen molar-refractivity contribution in [2.75, 3.05) is 13.2 Å². The van der Waals surface area contributed by atoms with E-state index in [1.165, 1.54) is 17.3 Å². The number of benzene rings is 2. The topological polar surface area (TPSA) is 61.5 Å². The summed E-state index contributed by atoms with van der Waals surface area (Å²) in [4.78, 5) is 0. The molecule has 0 aliphatic carbocycles. The van der Waals surface area contributed by atoms with Crippen LogP contribution in [0.15, 0.2) is 70.8 Å². The molecule has 0 fully saturated rings. The molecule has 0 unspecified atom stereocenters. The highest BCUT2D eigenvalue weighted by molar-refractivity contribution is 9.10. The van der Waals surface area contributed by atoms with Crippen LogP contribution in [-0.4, -0.2) is 34.3 Å². The van der Waals surface area contributed by atoms with E-state index < -0.39 is 0 Å². The van der Waals surface area contributed by atoms with Gasteiger partial charge in [-0.15, -0.1) is 10.2 Å². The first-order chi connectivity index (χ1) is 11.8. The van der Waals surface area contributed by atoms with E-state index in [1.54, 1.807) is 6.21 Å². The summed E-state index contributed by atoms with van der Waals surface area (Å²) >= 11 is 3.39. The molecule has 0 radical (unpaired) electrons. The van der Waals surface area contributed by atoms with Crippen molar-refractivity contribution in [2.24, 2.45) is 5.10 Å². The van der Waals surface area contributed by atoms with E-state index >= 15 is 0 Å². The van der Waals surface area contributed by atoms with Gasteiger partial charge in [-0.05, 0) is 42.0 Å². The second-order valence-corrected chi connectivity index (χ2v) is 5.73. The third-order valence-corrected chi connectivity index (χ3v) is 3.57. The van der Waals surface area contributed by atoms with Crippen molar-refractivity contribution in [1.29, 1.82) is 0 Å². The Morgan fingerprint density at radius 3 is 2.42 bits per heavy atom. The molecule has 24 heavy (non-hydrogen) atoms. The van der Waals surface area contributed by atoms with Crippen molar-refractivity contribution in [1.82, 2.24) is 14.9 Å². The summed E-state index contributed by atoms with van der Waals surface area (Å²) in [6.07, 6.45) is 4.77. The van der Waals surface area contributed by atoms with Crippen molar-refractivity contribution in [3.63, 3.8) is 0 Å². The molecule has 0 saturated carbocycles. The number of ether oxygens (including phenoxy) is 2. The lowest BCUT2D eigenvalue weighted by atomic mass is 10.2. The highest BCUT2D eigenvalue weighted by Gasteiger charge is 1.97. The van der Waals surface area contributed by atoms with Crippen LogP contribution in [0, 0.1) is 0 Å². The lowest BCUT2D eigenvalue weighted by Crippen LogP contribution is -2.09. The molecule has 1 aromatic heterocycles. The first-order valence-corrected chi connectivity index (χ1v) is 8.09. The van der Waals surface area contributed by atoms with Gasteiger partial charge in [0.2, 0.25) is 0 Å². The number of rotatable bonds is 7. The van der Waals surface area contributed by atoms with E-state index in [1.807, 2.05) is 48.5 Å². The van der Waals surface area contributed by atoms with Crippen LogP contribution in [0.5, 0.6) is 11.5 Å². The van der Waals surface area contributed by atoms with Crippen molar-refractivity contribution in [2.45, 2.75) is 0 Å². The molecular weight excluding hydrogens is 372 g/mol. The van der Waals surface area contributed by atoms with Gasteiger partial charge in [0.05, 0.1) is 6.21 Å². The van der Waals surface area contributed by atoms with Gasteiger partial charge in [0, 0.05) is 4.47 Å². The quantitative estimate of drug-likeness (QED) is 0.461. The van der Waals surface area contributed by atoms with E-state index in [9.17, 15) is 0 Å².